The van der Waals surface area contributed by atoms with Crippen molar-refractivity contribution in [1.82, 2.24) is 11.1 Å². The van der Waals surface area contributed by atoms with Gasteiger partial charge in [0.05, 0.1) is 11.4 Å². The second-order valence-electron chi connectivity index (χ2n) is 3.37. The van der Waals surface area contributed by atoms with E-state index in [-0.39, 0.29) is 18.0 Å². The molecule has 0 aromatic heterocycles. The quantitative estimate of drug-likeness (QED) is 0.845. The third kappa shape index (κ3) is 4.28. The molecule has 0 spiro atoms. The van der Waals surface area contributed by atoms with Crippen molar-refractivity contribution in [2.24, 2.45) is 0 Å². The molecule has 1 aromatic carbocycles. The highest BCUT2D eigenvalue weighted by Crippen LogP contribution is 2.07. The average Bonchev–Trinajstić information content (AvgIpc) is 2.28. The minimum Gasteiger partial charge on any atom is -0.351 e. The Bertz CT molecular complexity index is 523. The van der Waals surface area contributed by atoms with E-state index in [9.17, 15) is 13.2 Å². The van der Waals surface area contributed by atoms with E-state index in [1.165, 1.54) is 6.07 Å². The Morgan fingerprint density at radius 1 is 1.47 bits per heavy atom. The molecule has 17 heavy (non-hydrogen) atoms. The highest BCUT2D eigenvalue weighted by Gasteiger charge is 2.08. The molecule has 1 aromatic rings. The topological polar surface area (TPSA) is 87.0 Å². The Kier molecular flexibility index (Phi) is 4.28. The van der Waals surface area contributed by atoms with Gasteiger partial charge in [0.2, 0.25) is 0 Å². The van der Waals surface area contributed by atoms with Crippen molar-refractivity contribution in [3.05, 3.63) is 41.8 Å². The van der Waals surface area contributed by atoms with Crippen molar-refractivity contribution in [2.45, 2.75) is 0 Å². The van der Waals surface area contributed by atoms with Crippen LogP contribution in [0.5, 0.6) is 0 Å². The lowest BCUT2D eigenvalue weighted by molar-refractivity contribution is 0.0956. The fourth-order valence-corrected chi connectivity index (χ4v) is 1.71. The molecule has 0 aliphatic carbocycles. The van der Waals surface area contributed by atoms with E-state index >= 15 is 0 Å². The van der Waals surface area contributed by atoms with Crippen molar-refractivity contribution in [3.63, 3.8) is 0 Å². The highest BCUT2D eigenvalue weighted by molar-refractivity contribution is 7.94. The van der Waals surface area contributed by atoms with Gasteiger partial charge in [0.25, 0.3) is 5.91 Å². The van der Waals surface area contributed by atoms with Gasteiger partial charge in [-0.2, -0.15) is 0 Å². The molecule has 2 N–H and O–H groups in total. The molecule has 1 amide bonds. The first kappa shape index (κ1) is 13.2. The van der Waals surface area contributed by atoms with E-state index in [0.29, 0.717) is 5.56 Å². The van der Waals surface area contributed by atoms with Crippen LogP contribution < -0.4 is 11.1 Å². The molecule has 0 fully saturated rings. The van der Waals surface area contributed by atoms with Crippen LogP contribution in [0.25, 0.3) is 0 Å². The lowest BCUT2D eigenvalue weighted by atomic mass is 10.2. The molecular formula is C11H13N2O3S. The Hall–Kier alpha value is -1.82. The number of hydrogen-bond acceptors (Lipinski definition) is 3. The van der Waals surface area contributed by atoms with Crippen molar-refractivity contribution in [1.29, 1.82) is 0 Å². The summed E-state index contributed by atoms with van der Waals surface area (Å²) in [5, 5.41) is 3.33. The number of amides is 1. The van der Waals surface area contributed by atoms with Crippen molar-refractivity contribution < 1.29 is 13.2 Å². The number of rotatable bonds is 5. The smallest absolute Gasteiger partial charge is 0.251 e. The monoisotopic (exact) mass is 253 g/mol. The van der Waals surface area contributed by atoms with Gasteiger partial charge in [-0.1, -0.05) is 12.6 Å². The van der Waals surface area contributed by atoms with Crippen LogP contribution in [0.3, 0.4) is 0 Å². The summed E-state index contributed by atoms with van der Waals surface area (Å²) in [6.45, 7) is 3.20. The molecule has 5 nitrogen and oxygen atoms in total. The first-order valence-corrected chi connectivity index (χ1v) is 6.61. The largest absolute Gasteiger partial charge is 0.351 e. The predicted octanol–water partition coefficient (Wildman–Crippen LogP) is 0.889. The lowest BCUT2D eigenvalue weighted by Gasteiger charge is -2.04. The molecule has 0 unspecified atom stereocenters. The van der Waals surface area contributed by atoms with Crippen LogP contribution >= 0.6 is 0 Å². The van der Waals surface area contributed by atoms with Crippen LogP contribution in [0.1, 0.15) is 10.4 Å². The zero-order valence-electron chi connectivity index (χ0n) is 9.14. The van der Waals surface area contributed by atoms with Gasteiger partial charge in [-0.25, -0.2) is 8.42 Å². The summed E-state index contributed by atoms with van der Waals surface area (Å²) in [4.78, 5) is 11.6. The van der Waals surface area contributed by atoms with Gasteiger partial charge in [0.1, 0.15) is 0 Å². The van der Waals surface area contributed by atoms with E-state index in [1.807, 2.05) is 0 Å². The fraction of sp³-hybridized carbons (Fsp3) is 0.182. The molecule has 6 heteroatoms. The fourth-order valence-electron chi connectivity index (χ4n) is 1.15. The minimum absolute atomic E-state index is 0.0232. The van der Waals surface area contributed by atoms with Gasteiger partial charge in [0, 0.05) is 17.5 Å². The molecule has 0 heterocycles. The number of nitrogens with one attached hydrogen (secondary N) is 2. The Labute approximate surface area is 100 Å². The minimum atomic E-state index is -3.29. The van der Waals surface area contributed by atoms with E-state index in [0.717, 1.165) is 5.41 Å². The zero-order valence-corrected chi connectivity index (χ0v) is 9.96. The summed E-state index contributed by atoms with van der Waals surface area (Å²) < 4.78 is 22.1. The summed E-state index contributed by atoms with van der Waals surface area (Å²) in [7, 11) is -3.29. The van der Waals surface area contributed by atoms with Crippen LogP contribution in [0, 0.1) is 0 Å². The maximum absolute atomic E-state index is 11.6. The van der Waals surface area contributed by atoms with Gasteiger partial charge in [-0.05, 0) is 18.2 Å². The van der Waals surface area contributed by atoms with Crippen LogP contribution in [0.2, 0.25) is 0 Å². The van der Waals surface area contributed by atoms with E-state index in [2.05, 4.69) is 11.9 Å². The summed E-state index contributed by atoms with van der Waals surface area (Å²) in [6.07, 6.45) is 0. The van der Waals surface area contributed by atoms with Gasteiger partial charge < -0.3 is 11.1 Å². The van der Waals surface area contributed by atoms with Gasteiger partial charge in [-0.15, -0.1) is 0 Å². The van der Waals surface area contributed by atoms with Crippen molar-refractivity contribution in [2.75, 3.05) is 12.3 Å². The molecule has 0 atom stereocenters. The molecule has 0 saturated heterocycles. The molecule has 91 valence electrons. The molecule has 0 bridgehead atoms. The lowest BCUT2D eigenvalue weighted by Crippen LogP contribution is -2.28. The molecule has 0 aliphatic rings. The van der Waals surface area contributed by atoms with Gasteiger partial charge >= 0.3 is 0 Å². The van der Waals surface area contributed by atoms with Crippen LogP contribution in [-0.2, 0) is 9.84 Å². The number of carbonyl (C=O) groups excluding carboxylic acids is 1. The highest BCUT2D eigenvalue weighted by atomic mass is 32.2. The van der Waals surface area contributed by atoms with Crippen LogP contribution in [0.4, 0.5) is 5.69 Å². The van der Waals surface area contributed by atoms with Gasteiger partial charge in [0.15, 0.2) is 9.84 Å². The summed E-state index contributed by atoms with van der Waals surface area (Å²) in [5.74, 6) is -0.568. The molecule has 1 rings (SSSR count). The SMILES string of the molecule is C=CS(=O)(=O)CCNC(=O)c1cccc([NH])c1. The predicted molar refractivity (Wildman–Crippen MR) is 65.5 cm³/mol. The van der Waals surface area contributed by atoms with Crippen molar-refractivity contribution >= 4 is 21.4 Å². The third-order valence-electron chi connectivity index (χ3n) is 2.05. The number of hydrogen-bond donors (Lipinski definition) is 1. The van der Waals surface area contributed by atoms with Crippen LogP contribution in [-0.4, -0.2) is 26.6 Å². The van der Waals surface area contributed by atoms with Crippen LogP contribution in [0.15, 0.2) is 36.3 Å². The average molecular weight is 253 g/mol. The first-order chi connectivity index (χ1) is 7.94. The zero-order chi connectivity index (χ0) is 12.9. The normalized spacial score (nSPS) is 10.8. The molecule has 1 radical (unpaired) electrons. The Morgan fingerprint density at radius 2 is 2.18 bits per heavy atom. The number of sulfone groups is 1. The maximum atomic E-state index is 11.6. The molecule has 0 saturated carbocycles. The second-order valence-corrected chi connectivity index (χ2v) is 5.44. The second kappa shape index (κ2) is 5.49. The molecular weight excluding hydrogens is 240 g/mol. The Balaban J connectivity index is 2.54. The first-order valence-electron chi connectivity index (χ1n) is 4.90. The summed E-state index contributed by atoms with van der Waals surface area (Å²) in [6, 6.07) is 6.13. The van der Waals surface area contributed by atoms with Crippen molar-refractivity contribution in [3.8, 4) is 0 Å². The molecule has 0 aliphatic heterocycles. The number of benzene rings is 1. The summed E-state index contributed by atoms with van der Waals surface area (Å²) in [5.41, 5.74) is 7.92. The van der Waals surface area contributed by atoms with E-state index < -0.39 is 15.7 Å². The Morgan fingerprint density at radius 3 is 2.76 bits per heavy atom. The van der Waals surface area contributed by atoms with Gasteiger partial charge in [-0.3, -0.25) is 4.79 Å². The van der Waals surface area contributed by atoms with E-state index in [1.54, 1.807) is 18.2 Å². The van der Waals surface area contributed by atoms with E-state index in [4.69, 9.17) is 5.73 Å². The number of carbonyl (C=O) groups is 1. The standard InChI is InChI=1S/C11H13N2O3S/c1-2-17(15,16)7-6-13-11(14)9-4-3-5-10(12)8-9/h2-5,8,12H,1,6-7H2,(H,13,14). The summed E-state index contributed by atoms with van der Waals surface area (Å²) >= 11 is 0. The third-order valence-corrected chi connectivity index (χ3v) is 3.33. The maximum Gasteiger partial charge on any atom is 0.251 e.